The van der Waals surface area contributed by atoms with Crippen LogP contribution in [0.25, 0.3) is 11.0 Å². The molecule has 0 fully saturated rings. The second-order valence-electron chi connectivity index (χ2n) is 6.15. The van der Waals surface area contributed by atoms with Gasteiger partial charge in [-0.15, -0.1) is 0 Å². The third-order valence-corrected chi connectivity index (χ3v) is 3.79. The largest absolute Gasteiger partial charge is 0.451 e. The van der Waals surface area contributed by atoms with Crippen molar-refractivity contribution in [1.82, 2.24) is 0 Å². The van der Waals surface area contributed by atoms with Gasteiger partial charge < -0.3 is 15.1 Å². The van der Waals surface area contributed by atoms with Gasteiger partial charge in [0.2, 0.25) is 5.91 Å². The number of rotatable bonds is 4. The SMILES string of the molecule is CC(C)C(=O)Nc1ccc(NC(=O)c2cc(=O)c3ccccc3o2)cc1. The molecular weight excluding hydrogens is 332 g/mol. The van der Waals surface area contributed by atoms with E-state index in [0.717, 1.165) is 0 Å². The molecule has 0 aliphatic carbocycles. The van der Waals surface area contributed by atoms with Gasteiger partial charge in [0.05, 0.1) is 5.39 Å². The summed E-state index contributed by atoms with van der Waals surface area (Å²) in [6, 6.07) is 14.6. The molecule has 2 N–H and O–H groups in total. The van der Waals surface area contributed by atoms with Crippen molar-refractivity contribution in [2.24, 2.45) is 5.92 Å². The van der Waals surface area contributed by atoms with Crippen molar-refractivity contribution in [2.75, 3.05) is 10.6 Å². The van der Waals surface area contributed by atoms with Crippen molar-refractivity contribution in [3.05, 3.63) is 70.6 Å². The zero-order chi connectivity index (χ0) is 18.7. The molecule has 1 heterocycles. The number of para-hydroxylation sites is 1. The Hall–Kier alpha value is -3.41. The van der Waals surface area contributed by atoms with Crippen LogP contribution in [0.5, 0.6) is 0 Å². The van der Waals surface area contributed by atoms with E-state index in [1.165, 1.54) is 6.07 Å². The summed E-state index contributed by atoms with van der Waals surface area (Å²) in [5, 5.41) is 5.86. The summed E-state index contributed by atoms with van der Waals surface area (Å²) in [5.74, 6) is -0.789. The van der Waals surface area contributed by atoms with Gasteiger partial charge in [-0.05, 0) is 36.4 Å². The number of anilines is 2. The van der Waals surface area contributed by atoms with Crippen LogP contribution in [-0.4, -0.2) is 11.8 Å². The van der Waals surface area contributed by atoms with Gasteiger partial charge in [-0.25, -0.2) is 0 Å². The summed E-state index contributed by atoms with van der Waals surface area (Å²) in [5.41, 5.74) is 1.24. The van der Waals surface area contributed by atoms with Crippen molar-refractivity contribution in [1.29, 1.82) is 0 Å². The Kier molecular flexibility index (Phi) is 4.84. The molecule has 26 heavy (non-hydrogen) atoms. The maximum Gasteiger partial charge on any atom is 0.291 e. The van der Waals surface area contributed by atoms with E-state index in [1.54, 1.807) is 62.4 Å². The average molecular weight is 350 g/mol. The number of nitrogens with one attached hydrogen (secondary N) is 2. The van der Waals surface area contributed by atoms with Crippen LogP contribution >= 0.6 is 0 Å². The van der Waals surface area contributed by atoms with Crippen LogP contribution in [-0.2, 0) is 4.79 Å². The molecule has 2 amide bonds. The van der Waals surface area contributed by atoms with Gasteiger partial charge in [-0.3, -0.25) is 14.4 Å². The minimum atomic E-state index is -0.521. The quantitative estimate of drug-likeness (QED) is 0.752. The highest BCUT2D eigenvalue weighted by molar-refractivity contribution is 6.03. The van der Waals surface area contributed by atoms with Gasteiger partial charge in [0.25, 0.3) is 5.91 Å². The monoisotopic (exact) mass is 350 g/mol. The minimum absolute atomic E-state index is 0.0640. The first kappa shape index (κ1) is 17.4. The summed E-state index contributed by atoms with van der Waals surface area (Å²) in [4.78, 5) is 36.1. The normalized spacial score (nSPS) is 10.7. The second kappa shape index (κ2) is 7.23. The molecule has 6 nitrogen and oxygen atoms in total. The predicted octanol–water partition coefficient (Wildman–Crippen LogP) is 3.64. The number of benzene rings is 2. The molecule has 0 aliphatic rings. The van der Waals surface area contributed by atoms with Gasteiger partial charge >= 0.3 is 0 Å². The average Bonchev–Trinajstić information content (AvgIpc) is 2.63. The van der Waals surface area contributed by atoms with E-state index in [-0.39, 0.29) is 23.0 Å². The van der Waals surface area contributed by atoms with Crippen LogP contribution in [0.15, 0.2) is 63.8 Å². The van der Waals surface area contributed by atoms with Gasteiger partial charge in [0, 0.05) is 23.4 Å². The Morgan fingerprint density at radius 1 is 0.923 bits per heavy atom. The molecule has 0 spiro atoms. The summed E-state index contributed by atoms with van der Waals surface area (Å²) in [7, 11) is 0. The molecule has 2 aromatic carbocycles. The Morgan fingerprint density at radius 2 is 1.54 bits per heavy atom. The van der Waals surface area contributed by atoms with Crippen LogP contribution < -0.4 is 16.1 Å². The van der Waals surface area contributed by atoms with Crippen LogP contribution in [0.1, 0.15) is 24.4 Å². The molecule has 0 unspecified atom stereocenters. The number of fused-ring (bicyclic) bond motifs is 1. The van der Waals surface area contributed by atoms with E-state index < -0.39 is 5.91 Å². The smallest absolute Gasteiger partial charge is 0.291 e. The van der Waals surface area contributed by atoms with Gasteiger partial charge in [0.1, 0.15) is 5.58 Å². The van der Waals surface area contributed by atoms with E-state index in [0.29, 0.717) is 22.3 Å². The Morgan fingerprint density at radius 3 is 2.19 bits per heavy atom. The summed E-state index contributed by atoms with van der Waals surface area (Å²) in [6.07, 6.45) is 0. The highest BCUT2D eigenvalue weighted by Gasteiger charge is 2.13. The van der Waals surface area contributed by atoms with Crippen molar-refractivity contribution in [2.45, 2.75) is 13.8 Å². The van der Waals surface area contributed by atoms with E-state index in [4.69, 9.17) is 4.42 Å². The van der Waals surface area contributed by atoms with Gasteiger partial charge in [0.15, 0.2) is 11.2 Å². The molecule has 3 rings (SSSR count). The number of hydrogen-bond donors (Lipinski definition) is 2. The van der Waals surface area contributed by atoms with E-state index >= 15 is 0 Å². The lowest BCUT2D eigenvalue weighted by molar-refractivity contribution is -0.118. The topological polar surface area (TPSA) is 88.4 Å². The lowest BCUT2D eigenvalue weighted by Crippen LogP contribution is -2.18. The first-order valence-corrected chi connectivity index (χ1v) is 8.19. The van der Waals surface area contributed by atoms with Crippen molar-refractivity contribution in [3.63, 3.8) is 0 Å². The Balaban J connectivity index is 1.76. The van der Waals surface area contributed by atoms with Crippen LogP contribution in [0, 0.1) is 5.92 Å². The summed E-state index contributed by atoms with van der Waals surface area (Å²) >= 11 is 0. The fraction of sp³-hybridized carbons (Fsp3) is 0.150. The van der Waals surface area contributed by atoms with E-state index in [1.807, 2.05) is 0 Å². The molecule has 0 radical (unpaired) electrons. The van der Waals surface area contributed by atoms with Crippen molar-refractivity contribution in [3.8, 4) is 0 Å². The van der Waals surface area contributed by atoms with E-state index in [9.17, 15) is 14.4 Å². The zero-order valence-electron chi connectivity index (χ0n) is 14.4. The van der Waals surface area contributed by atoms with Gasteiger partial charge in [-0.2, -0.15) is 0 Å². The Labute approximate surface area is 149 Å². The molecule has 0 bridgehead atoms. The molecule has 0 saturated heterocycles. The maximum atomic E-state index is 12.3. The zero-order valence-corrected chi connectivity index (χ0v) is 14.4. The highest BCUT2D eigenvalue weighted by Crippen LogP contribution is 2.17. The third kappa shape index (κ3) is 3.80. The number of amides is 2. The minimum Gasteiger partial charge on any atom is -0.451 e. The summed E-state index contributed by atoms with van der Waals surface area (Å²) in [6.45, 7) is 3.61. The Bertz CT molecular complexity index is 1020. The second-order valence-corrected chi connectivity index (χ2v) is 6.15. The molecule has 0 atom stereocenters. The van der Waals surface area contributed by atoms with Crippen molar-refractivity contribution >= 4 is 34.2 Å². The third-order valence-electron chi connectivity index (χ3n) is 3.79. The number of carbonyl (C=O) groups is 2. The molecule has 3 aromatic rings. The maximum absolute atomic E-state index is 12.3. The van der Waals surface area contributed by atoms with Crippen LogP contribution in [0.3, 0.4) is 0 Å². The first-order chi connectivity index (χ1) is 12.4. The molecular formula is C20H18N2O4. The van der Waals surface area contributed by atoms with Gasteiger partial charge in [-0.1, -0.05) is 26.0 Å². The molecule has 132 valence electrons. The highest BCUT2D eigenvalue weighted by atomic mass is 16.3. The molecule has 0 saturated carbocycles. The summed E-state index contributed by atoms with van der Waals surface area (Å²) < 4.78 is 5.51. The molecule has 6 heteroatoms. The fourth-order valence-electron chi connectivity index (χ4n) is 2.33. The van der Waals surface area contributed by atoms with E-state index in [2.05, 4.69) is 10.6 Å². The van der Waals surface area contributed by atoms with Crippen LogP contribution in [0.4, 0.5) is 11.4 Å². The lowest BCUT2D eigenvalue weighted by atomic mass is 10.2. The van der Waals surface area contributed by atoms with Crippen LogP contribution in [0.2, 0.25) is 0 Å². The molecule has 0 aliphatic heterocycles. The number of hydrogen-bond acceptors (Lipinski definition) is 4. The number of carbonyl (C=O) groups excluding carboxylic acids is 2. The predicted molar refractivity (Wildman–Crippen MR) is 100 cm³/mol. The first-order valence-electron chi connectivity index (χ1n) is 8.19. The molecule has 1 aromatic heterocycles. The standard InChI is InChI=1S/C20H18N2O4/c1-12(2)19(24)21-13-7-9-14(10-8-13)22-20(25)18-11-16(23)15-5-3-4-6-17(15)26-18/h3-12H,1-2H3,(H,21,24)(H,22,25). The fourth-order valence-corrected chi connectivity index (χ4v) is 2.33. The van der Waals surface area contributed by atoms with Crippen molar-refractivity contribution < 1.29 is 14.0 Å². The lowest BCUT2D eigenvalue weighted by Gasteiger charge is -2.09.